The molecule has 0 saturated carbocycles. The first-order valence-corrected chi connectivity index (χ1v) is 6.22. The van der Waals surface area contributed by atoms with E-state index in [1.54, 1.807) is 19.1 Å². The van der Waals surface area contributed by atoms with Gasteiger partial charge < -0.3 is 15.5 Å². The number of phenolic OH excluding ortho intramolecular Hbond substituents is 1. The summed E-state index contributed by atoms with van der Waals surface area (Å²) in [4.78, 5) is 22.3. The second-order valence-electron chi connectivity index (χ2n) is 4.66. The van der Waals surface area contributed by atoms with Gasteiger partial charge in [0.15, 0.2) is 0 Å². The zero-order chi connectivity index (χ0) is 14.4. The number of amides is 1. The van der Waals surface area contributed by atoms with Crippen LogP contribution in [0.25, 0.3) is 0 Å². The van der Waals surface area contributed by atoms with Gasteiger partial charge in [-0.3, -0.25) is 9.59 Å². The number of carbonyl (C=O) groups is 2. The van der Waals surface area contributed by atoms with Gasteiger partial charge in [0.25, 0.3) is 5.91 Å². The predicted molar refractivity (Wildman–Crippen MR) is 71.3 cm³/mol. The summed E-state index contributed by atoms with van der Waals surface area (Å²) in [6, 6.07) is 4.58. The molecule has 0 radical (unpaired) electrons. The van der Waals surface area contributed by atoms with Crippen molar-refractivity contribution in [1.82, 2.24) is 5.32 Å². The van der Waals surface area contributed by atoms with Crippen LogP contribution in [0.4, 0.5) is 0 Å². The summed E-state index contributed by atoms with van der Waals surface area (Å²) >= 11 is 0. The molecule has 0 heterocycles. The number of benzene rings is 1. The topological polar surface area (TPSA) is 86.6 Å². The highest BCUT2D eigenvalue weighted by molar-refractivity contribution is 5.94. The van der Waals surface area contributed by atoms with Crippen LogP contribution >= 0.6 is 0 Å². The number of hydrogen-bond donors (Lipinski definition) is 3. The van der Waals surface area contributed by atoms with Crippen molar-refractivity contribution >= 4 is 11.9 Å². The van der Waals surface area contributed by atoms with E-state index in [1.165, 1.54) is 6.07 Å². The van der Waals surface area contributed by atoms with E-state index >= 15 is 0 Å². The van der Waals surface area contributed by atoms with E-state index in [2.05, 4.69) is 5.32 Å². The van der Waals surface area contributed by atoms with Crippen molar-refractivity contribution in [3.63, 3.8) is 0 Å². The highest BCUT2D eigenvalue weighted by Gasteiger charge is 2.11. The lowest BCUT2D eigenvalue weighted by molar-refractivity contribution is -0.137. The molecule has 0 bridgehead atoms. The van der Waals surface area contributed by atoms with Crippen LogP contribution in [0.3, 0.4) is 0 Å². The number of rotatable bonds is 6. The molecule has 1 rings (SSSR count). The van der Waals surface area contributed by atoms with Gasteiger partial charge >= 0.3 is 5.97 Å². The third-order valence-corrected chi connectivity index (χ3v) is 2.86. The predicted octanol–water partition coefficient (Wildman–Crippen LogP) is 2.07. The summed E-state index contributed by atoms with van der Waals surface area (Å²) in [7, 11) is 0. The normalized spacial score (nSPS) is 11.9. The van der Waals surface area contributed by atoms with Crippen LogP contribution in [0, 0.1) is 6.92 Å². The Kier molecular flexibility index (Phi) is 5.36. The third kappa shape index (κ3) is 4.99. The van der Waals surface area contributed by atoms with Gasteiger partial charge in [-0.1, -0.05) is 0 Å². The zero-order valence-electron chi connectivity index (χ0n) is 11.1. The molecule has 104 valence electrons. The van der Waals surface area contributed by atoms with Crippen molar-refractivity contribution in [1.29, 1.82) is 0 Å². The molecular formula is C14H19NO4. The molecule has 1 aromatic carbocycles. The van der Waals surface area contributed by atoms with Gasteiger partial charge in [-0.25, -0.2) is 0 Å². The standard InChI is InChI=1S/C14H19NO4/c1-9-8-11(6-7-12(9)16)14(19)15-10(2)4-3-5-13(17)18/h6-8,10,16H,3-5H2,1-2H3,(H,15,19)(H,17,18). The largest absolute Gasteiger partial charge is 0.508 e. The van der Waals surface area contributed by atoms with Crippen LogP contribution in [-0.4, -0.2) is 28.1 Å². The van der Waals surface area contributed by atoms with Gasteiger partial charge in [0.2, 0.25) is 0 Å². The number of carbonyl (C=O) groups excluding carboxylic acids is 1. The van der Waals surface area contributed by atoms with Gasteiger partial charge in [-0.15, -0.1) is 0 Å². The summed E-state index contributed by atoms with van der Waals surface area (Å²) in [6.45, 7) is 3.56. The Bertz CT molecular complexity index is 471. The summed E-state index contributed by atoms with van der Waals surface area (Å²) in [5.41, 5.74) is 1.13. The Morgan fingerprint density at radius 3 is 2.63 bits per heavy atom. The van der Waals surface area contributed by atoms with E-state index in [0.29, 0.717) is 24.0 Å². The van der Waals surface area contributed by atoms with Gasteiger partial charge in [-0.2, -0.15) is 0 Å². The molecule has 1 aromatic rings. The molecule has 0 saturated heterocycles. The fraction of sp³-hybridized carbons (Fsp3) is 0.429. The SMILES string of the molecule is Cc1cc(C(=O)NC(C)CCCC(=O)O)ccc1O. The number of carboxylic acid groups (broad SMARTS) is 1. The molecule has 3 N–H and O–H groups in total. The quantitative estimate of drug-likeness (QED) is 0.735. The second kappa shape index (κ2) is 6.78. The van der Waals surface area contributed by atoms with Gasteiger partial charge in [0.1, 0.15) is 5.75 Å². The molecule has 0 spiro atoms. The van der Waals surface area contributed by atoms with Crippen molar-refractivity contribution in [3.8, 4) is 5.75 Å². The molecule has 0 aromatic heterocycles. The van der Waals surface area contributed by atoms with Crippen molar-refractivity contribution in [3.05, 3.63) is 29.3 Å². The Morgan fingerprint density at radius 2 is 2.05 bits per heavy atom. The lowest BCUT2D eigenvalue weighted by Crippen LogP contribution is -2.32. The minimum Gasteiger partial charge on any atom is -0.508 e. The first-order chi connectivity index (χ1) is 8.90. The molecule has 5 heteroatoms. The monoisotopic (exact) mass is 265 g/mol. The maximum atomic E-state index is 11.9. The molecule has 1 amide bonds. The molecule has 0 aliphatic carbocycles. The average molecular weight is 265 g/mol. The molecule has 0 fully saturated rings. The lowest BCUT2D eigenvalue weighted by Gasteiger charge is -2.13. The van der Waals surface area contributed by atoms with E-state index in [4.69, 9.17) is 5.11 Å². The third-order valence-electron chi connectivity index (χ3n) is 2.86. The Morgan fingerprint density at radius 1 is 1.37 bits per heavy atom. The Hall–Kier alpha value is -2.04. The Balaban J connectivity index is 2.49. The van der Waals surface area contributed by atoms with Crippen LogP contribution in [-0.2, 0) is 4.79 Å². The number of nitrogens with one attached hydrogen (secondary N) is 1. The van der Waals surface area contributed by atoms with Crippen LogP contribution in [0.1, 0.15) is 42.1 Å². The van der Waals surface area contributed by atoms with Crippen LogP contribution < -0.4 is 5.32 Å². The first kappa shape index (κ1) is 15.0. The van der Waals surface area contributed by atoms with E-state index in [9.17, 15) is 14.7 Å². The van der Waals surface area contributed by atoms with E-state index in [1.807, 2.05) is 6.92 Å². The van der Waals surface area contributed by atoms with E-state index in [-0.39, 0.29) is 24.1 Å². The number of aromatic hydroxyl groups is 1. The number of hydrogen-bond acceptors (Lipinski definition) is 3. The lowest BCUT2D eigenvalue weighted by atomic mass is 10.1. The minimum absolute atomic E-state index is 0.0824. The summed E-state index contributed by atoms with van der Waals surface area (Å²) in [5.74, 6) is -0.885. The number of phenols is 1. The Labute approximate surface area is 112 Å². The maximum Gasteiger partial charge on any atom is 0.303 e. The average Bonchev–Trinajstić information content (AvgIpc) is 2.32. The van der Waals surface area contributed by atoms with Crippen LogP contribution in [0.2, 0.25) is 0 Å². The van der Waals surface area contributed by atoms with Crippen molar-refractivity contribution in [2.24, 2.45) is 0 Å². The van der Waals surface area contributed by atoms with Crippen LogP contribution in [0.5, 0.6) is 5.75 Å². The second-order valence-corrected chi connectivity index (χ2v) is 4.66. The smallest absolute Gasteiger partial charge is 0.303 e. The fourth-order valence-corrected chi connectivity index (χ4v) is 1.74. The van der Waals surface area contributed by atoms with Crippen molar-refractivity contribution in [2.45, 2.75) is 39.2 Å². The van der Waals surface area contributed by atoms with Crippen LogP contribution in [0.15, 0.2) is 18.2 Å². The van der Waals surface area contributed by atoms with Crippen molar-refractivity contribution < 1.29 is 19.8 Å². The van der Waals surface area contributed by atoms with Gasteiger partial charge in [0, 0.05) is 18.0 Å². The molecule has 0 aliphatic rings. The fourth-order valence-electron chi connectivity index (χ4n) is 1.74. The molecule has 5 nitrogen and oxygen atoms in total. The zero-order valence-corrected chi connectivity index (χ0v) is 11.1. The highest BCUT2D eigenvalue weighted by atomic mass is 16.4. The number of aryl methyl sites for hydroxylation is 1. The molecule has 0 aliphatic heterocycles. The summed E-state index contributed by atoms with van der Waals surface area (Å²) < 4.78 is 0. The number of aliphatic carboxylic acids is 1. The minimum atomic E-state index is -0.826. The van der Waals surface area contributed by atoms with E-state index in [0.717, 1.165) is 0 Å². The highest BCUT2D eigenvalue weighted by Crippen LogP contribution is 2.17. The van der Waals surface area contributed by atoms with E-state index < -0.39 is 5.97 Å². The molecule has 1 unspecified atom stereocenters. The number of carboxylic acids is 1. The van der Waals surface area contributed by atoms with Gasteiger partial charge in [-0.05, 0) is 50.5 Å². The van der Waals surface area contributed by atoms with Gasteiger partial charge in [0.05, 0.1) is 0 Å². The maximum absolute atomic E-state index is 11.9. The molecular weight excluding hydrogens is 246 g/mol. The van der Waals surface area contributed by atoms with Crippen molar-refractivity contribution in [2.75, 3.05) is 0 Å². The summed E-state index contributed by atoms with van der Waals surface area (Å²) in [5, 5.41) is 20.7. The molecule has 1 atom stereocenters. The molecule has 19 heavy (non-hydrogen) atoms. The first-order valence-electron chi connectivity index (χ1n) is 6.22. The summed E-state index contributed by atoms with van der Waals surface area (Å²) in [6.07, 6.45) is 1.26.